The highest BCUT2D eigenvalue weighted by atomic mass is 32.2. The van der Waals surface area contributed by atoms with Gasteiger partial charge in [-0.15, -0.1) is 0 Å². The maximum atomic E-state index is 12.2. The summed E-state index contributed by atoms with van der Waals surface area (Å²) < 4.78 is 31.4. The second kappa shape index (κ2) is 8.88. The van der Waals surface area contributed by atoms with E-state index in [1.54, 1.807) is 0 Å². The van der Waals surface area contributed by atoms with Gasteiger partial charge in [-0.25, -0.2) is 13.1 Å². The molecule has 28 heavy (non-hydrogen) atoms. The minimum Gasteiger partial charge on any atom is -0.483 e. The molecule has 0 aliphatic heterocycles. The van der Waals surface area contributed by atoms with Gasteiger partial charge in [0.2, 0.25) is 5.91 Å². The van der Waals surface area contributed by atoms with Crippen molar-refractivity contribution in [3.05, 3.63) is 53.6 Å². The van der Waals surface area contributed by atoms with E-state index in [1.165, 1.54) is 24.3 Å². The van der Waals surface area contributed by atoms with Gasteiger partial charge in [0, 0.05) is 12.6 Å². The molecule has 150 valence electrons. The quantitative estimate of drug-likeness (QED) is 0.739. The first kappa shape index (κ1) is 21.4. The summed E-state index contributed by atoms with van der Waals surface area (Å²) in [6.07, 6.45) is 0. The van der Waals surface area contributed by atoms with E-state index in [1.807, 2.05) is 43.7 Å². The van der Waals surface area contributed by atoms with Crippen LogP contribution in [-0.2, 0) is 19.6 Å². The largest absolute Gasteiger partial charge is 0.483 e. The standard InChI is InChI=1S/C20H24N2O5S/c1-13(2)18-10-5-14(3)11-19(18)27-12-20(24)21-16-6-8-17(9-7-16)28(25,26)22-15(4)23/h5-11,13H,12H2,1-4H3,(H,21,24)(H,22,23). The third-order valence-corrected chi connectivity index (χ3v) is 5.33. The molecule has 0 aliphatic rings. The van der Waals surface area contributed by atoms with Gasteiger partial charge in [-0.3, -0.25) is 9.59 Å². The fourth-order valence-electron chi connectivity index (χ4n) is 2.55. The molecule has 0 saturated heterocycles. The highest BCUT2D eigenvalue weighted by Crippen LogP contribution is 2.27. The molecular weight excluding hydrogens is 380 g/mol. The SMILES string of the molecule is CC(=O)NS(=O)(=O)c1ccc(NC(=O)COc2cc(C)ccc2C(C)C)cc1. The van der Waals surface area contributed by atoms with Gasteiger partial charge in [0.1, 0.15) is 5.75 Å². The van der Waals surface area contributed by atoms with Crippen molar-refractivity contribution in [3.8, 4) is 5.75 Å². The van der Waals surface area contributed by atoms with Gasteiger partial charge in [-0.1, -0.05) is 26.0 Å². The van der Waals surface area contributed by atoms with Crippen molar-refractivity contribution in [2.24, 2.45) is 0 Å². The lowest BCUT2D eigenvalue weighted by Gasteiger charge is -2.15. The van der Waals surface area contributed by atoms with Crippen molar-refractivity contribution in [1.82, 2.24) is 4.72 Å². The number of hydrogen-bond donors (Lipinski definition) is 2. The molecule has 2 rings (SSSR count). The van der Waals surface area contributed by atoms with E-state index in [0.29, 0.717) is 11.4 Å². The number of carbonyl (C=O) groups is 2. The normalized spacial score (nSPS) is 11.2. The van der Waals surface area contributed by atoms with E-state index in [0.717, 1.165) is 18.1 Å². The molecule has 8 heteroatoms. The van der Waals surface area contributed by atoms with Gasteiger partial charge >= 0.3 is 0 Å². The number of ether oxygens (including phenoxy) is 1. The summed E-state index contributed by atoms with van der Waals surface area (Å²) in [5.74, 6) is -0.112. The van der Waals surface area contributed by atoms with Crippen molar-refractivity contribution < 1.29 is 22.7 Å². The Morgan fingerprint density at radius 3 is 2.29 bits per heavy atom. The number of rotatable bonds is 7. The highest BCUT2D eigenvalue weighted by molar-refractivity contribution is 7.90. The number of sulfonamides is 1. The fraction of sp³-hybridized carbons (Fsp3) is 0.300. The molecule has 0 radical (unpaired) electrons. The van der Waals surface area contributed by atoms with Crippen LogP contribution in [-0.4, -0.2) is 26.8 Å². The fourth-order valence-corrected chi connectivity index (χ4v) is 3.54. The molecule has 2 N–H and O–H groups in total. The number of aryl methyl sites for hydroxylation is 1. The maximum Gasteiger partial charge on any atom is 0.264 e. The molecule has 0 aromatic heterocycles. The van der Waals surface area contributed by atoms with Gasteiger partial charge < -0.3 is 10.1 Å². The Morgan fingerprint density at radius 2 is 1.71 bits per heavy atom. The number of benzene rings is 2. The number of hydrogen-bond acceptors (Lipinski definition) is 5. The minimum absolute atomic E-state index is 0.0710. The Kier molecular flexibility index (Phi) is 6.80. The third-order valence-electron chi connectivity index (χ3n) is 3.88. The Bertz CT molecular complexity index is 967. The van der Waals surface area contributed by atoms with Gasteiger partial charge in [0.05, 0.1) is 4.90 Å². The molecule has 0 aliphatic carbocycles. The second-order valence-corrected chi connectivity index (χ2v) is 8.40. The Balaban J connectivity index is 2.01. The molecule has 0 atom stereocenters. The lowest BCUT2D eigenvalue weighted by Crippen LogP contribution is -2.28. The van der Waals surface area contributed by atoms with Crippen LogP contribution in [0.15, 0.2) is 47.4 Å². The highest BCUT2D eigenvalue weighted by Gasteiger charge is 2.15. The molecule has 0 heterocycles. The van der Waals surface area contributed by atoms with Gasteiger partial charge in [-0.05, 0) is 54.3 Å². The second-order valence-electron chi connectivity index (χ2n) is 6.72. The Morgan fingerprint density at radius 1 is 1.07 bits per heavy atom. The summed E-state index contributed by atoms with van der Waals surface area (Å²) >= 11 is 0. The van der Waals surface area contributed by atoms with Crippen molar-refractivity contribution >= 4 is 27.5 Å². The molecule has 0 bridgehead atoms. The van der Waals surface area contributed by atoms with E-state index in [9.17, 15) is 18.0 Å². The van der Waals surface area contributed by atoms with Crippen molar-refractivity contribution in [3.63, 3.8) is 0 Å². The Labute approximate surface area is 165 Å². The smallest absolute Gasteiger partial charge is 0.264 e. The average Bonchev–Trinajstić information content (AvgIpc) is 2.59. The third kappa shape index (κ3) is 5.82. The summed E-state index contributed by atoms with van der Waals surface area (Å²) in [4.78, 5) is 23.1. The first-order valence-electron chi connectivity index (χ1n) is 8.75. The van der Waals surface area contributed by atoms with Crippen molar-refractivity contribution in [1.29, 1.82) is 0 Å². The van der Waals surface area contributed by atoms with Gasteiger partial charge in [0.15, 0.2) is 6.61 Å². The maximum absolute atomic E-state index is 12.2. The summed E-state index contributed by atoms with van der Waals surface area (Å²) in [6, 6.07) is 11.4. The first-order valence-corrected chi connectivity index (χ1v) is 10.2. The predicted molar refractivity (Wildman–Crippen MR) is 107 cm³/mol. The first-order chi connectivity index (χ1) is 13.1. The molecule has 7 nitrogen and oxygen atoms in total. The number of amides is 2. The zero-order chi connectivity index (χ0) is 20.9. The van der Waals surface area contributed by atoms with Crippen LogP contribution in [0.4, 0.5) is 5.69 Å². The number of carbonyl (C=O) groups excluding carboxylic acids is 2. The van der Waals surface area contributed by atoms with Crippen LogP contribution in [0, 0.1) is 6.92 Å². The van der Waals surface area contributed by atoms with Crippen LogP contribution in [0.2, 0.25) is 0 Å². The van der Waals surface area contributed by atoms with Crippen LogP contribution >= 0.6 is 0 Å². The zero-order valence-electron chi connectivity index (χ0n) is 16.3. The zero-order valence-corrected chi connectivity index (χ0v) is 17.1. The summed E-state index contributed by atoms with van der Waals surface area (Å²) in [5.41, 5.74) is 2.48. The summed E-state index contributed by atoms with van der Waals surface area (Å²) in [7, 11) is -3.91. The van der Waals surface area contributed by atoms with E-state index < -0.39 is 15.9 Å². The lowest BCUT2D eigenvalue weighted by atomic mass is 10.0. The molecule has 0 fully saturated rings. The predicted octanol–water partition coefficient (Wildman–Crippen LogP) is 2.96. The van der Waals surface area contributed by atoms with Crippen molar-refractivity contribution in [2.75, 3.05) is 11.9 Å². The molecule has 0 saturated carbocycles. The van der Waals surface area contributed by atoms with E-state index >= 15 is 0 Å². The molecule has 2 amide bonds. The summed E-state index contributed by atoms with van der Waals surface area (Å²) in [5, 5.41) is 2.65. The van der Waals surface area contributed by atoms with Crippen molar-refractivity contribution in [2.45, 2.75) is 38.5 Å². The van der Waals surface area contributed by atoms with Crippen LogP contribution in [0.3, 0.4) is 0 Å². The van der Waals surface area contributed by atoms with E-state index in [2.05, 4.69) is 5.32 Å². The molecule has 2 aromatic rings. The van der Waals surface area contributed by atoms with Crippen LogP contribution < -0.4 is 14.8 Å². The van der Waals surface area contributed by atoms with Gasteiger partial charge in [0.25, 0.3) is 15.9 Å². The molecule has 2 aromatic carbocycles. The van der Waals surface area contributed by atoms with E-state index in [4.69, 9.17) is 4.74 Å². The topological polar surface area (TPSA) is 102 Å². The lowest BCUT2D eigenvalue weighted by molar-refractivity contribution is -0.118. The summed E-state index contributed by atoms with van der Waals surface area (Å²) in [6.45, 7) is 7.00. The Hall–Kier alpha value is -2.87. The van der Waals surface area contributed by atoms with Crippen LogP contribution in [0.5, 0.6) is 5.75 Å². The van der Waals surface area contributed by atoms with Crippen LogP contribution in [0.1, 0.15) is 37.8 Å². The number of anilines is 1. The molecule has 0 unspecified atom stereocenters. The van der Waals surface area contributed by atoms with Crippen LogP contribution in [0.25, 0.3) is 0 Å². The average molecular weight is 404 g/mol. The minimum atomic E-state index is -3.91. The molecule has 0 spiro atoms. The monoisotopic (exact) mass is 404 g/mol. The van der Waals surface area contributed by atoms with E-state index in [-0.39, 0.29) is 23.3 Å². The molecular formula is C20H24N2O5S. The van der Waals surface area contributed by atoms with Gasteiger partial charge in [-0.2, -0.15) is 0 Å². The number of nitrogens with one attached hydrogen (secondary N) is 2.